The summed E-state index contributed by atoms with van der Waals surface area (Å²) in [5, 5.41) is 12.9. The number of amides is 1. The molecule has 0 spiro atoms. The molecule has 2 aliphatic rings. The minimum atomic E-state index is -0.962. The van der Waals surface area contributed by atoms with Crippen molar-refractivity contribution in [3.05, 3.63) is 70.8 Å². The van der Waals surface area contributed by atoms with Gasteiger partial charge >= 0.3 is 5.97 Å². The van der Waals surface area contributed by atoms with Crippen molar-refractivity contribution in [1.29, 1.82) is 0 Å². The van der Waals surface area contributed by atoms with Crippen molar-refractivity contribution in [3.8, 4) is 5.88 Å². The Bertz CT molecular complexity index is 1250. The monoisotopic (exact) mass is 489 g/mol. The van der Waals surface area contributed by atoms with Crippen LogP contribution in [0.3, 0.4) is 0 Å². The lowest BCUT2D eigenvalue weighted by atomic mass is 10.0. The third-order valence-electron chi connectivity index (χ3n) is 6.96. The lowest BCUT2D eigenvalue weighted by Gasteiger charge is -2.34. The van der Waals surface area contributed by atoms with E-state index < -0.39 is 12.0 Å². The van der Waals surface area contributed by atoms with Crippen molar-refractivity contribution in [2.45, 2.75) is 51.1 Å². The number of carboxylic acids is 1. The van der Waals surface area contributed by atoms with Crippen LogP contribution < -0.4 is 10.1 Å². The van der Waals surface area contributed by atoms with Crippen LogP contribution in [0, 0.1) is 0 Å². The first-order valence-electron chi connectivity index (χ1n) is 12.5. The molecule has 1 atom stereocenters. The molecule has 188 valence electrons. The van der Waals surface area contributed by atoms with E-state index in [0.717, 1.165) is 55.7 Å². The average Bonchev–Trinajstić information content (AvgIpc) is 3.32. The van der Waals surface area contributed by atoms with Gasteiger partial charge in [0.15, 0.2) is 0 Å². The van der Waals surface area contributed by atoms with Crippen LogP contribution in [0.15, 0.2) is 42.7 Å². The van der Waals surface area contributed by atoms with Gasteiger partial charge in [0, 0.05) is 43.8 Å². The minimum absolute atomic E-state index is 0.156. The topological polar surface area (TPSA) is 110 Å². The molecule has 3 aromatic rings. The van der Waals surface area contributed by atoms with Gasteiger partial charge in [0.1, 0.15) is 11.5 Å². The molecule has 3 aromatic heterocycles. The van der Waals surface area contributed by atoms with Gasteiger partial charge in [-0.2, -0.15) is 0 Å². The van der Waals surface area contributed by atoms with Crippen molar-refractivity contribution in [2.24, 2.45) is 0 Å². The molecule has 2 N–H and O–H groups in total. The normalized spacial score (nSPS) is 15.6. The predicted octanol–water partition coefficient (Wildman–Crippen LogP) is 3.49. The molecule has 9 nitrogen and oxygen atoms in total. The number of aryl methyl sites for hydroxylation is 3. The zero-order valence-corrected chi connectivity index (χ0v) is 20.4. The quantitative estimate of drug-likeness (QED) is 0.473. The number of anilines is 1. The molecule has 5 rings (SSSR count). The van der Waals surface area contributed by atoms with Gasteiger partial charge in [-0.1, -0.05) is 12.1 Å². The van der Waals surface area contributed by atoms with E-state index in [1.165, 1.54) is 12.7 Å². The van der Waals surface area contributed by atoms with Crippen molar-refractivity contribution in [1.82, 2.24) is 19.4 Å². The summed E-state index contributed by atoms with van der Waals surface area (Å²) < 4.78 is 7.10. The van der Waals surface area contributed by atoms with Gasteiger partial charge in [0.2, 0.25) is 5.88 Å². The summed E-state index contributed by atoms with van der Waals surface area (Å²) >= 11 is 0. The first-order chi connectivity index (χ1) is 17.5. The van der Waals surface area contributed by atoms with E-state index >= 15 is 0 Å². The Morgan fingerprint density at radius 1 is 1.22 bits per heavy atom. The van der Waals surface area contributed by atoms with Gasteiger partial charge in [-0.3, -0.25) is 9.59 Å². The highest BCUT2D eigenvalue weighted by Crippen LogP contribution is 2.30. The van der Waals surface area contributed by atoms with Gasteiger partial charge in [-0.05, 0) is 60.9 Å². The lowest BCUT2D eigenvalue weighted by Crippen LogP contribution is -2.43. The number of pyridine rings is 2. The fourth-order valence-electron chi connectivity index (χ4n) is 5.10. The number of aromatic nitrogens is 3. The number of hydrogen-bond donors (Lipinski definition) is 2. The maximum absolute atomic E-state index is 13.4. The fraction of sp³-hybridized carbons (Fsp3) is 0.407. The van der Waals surface area contributed by atoms with Gasteiger partial charge < -0.3 is 24.6 Å². The fourth-order valence-corrected chi connectivity index (χ4v) is 5.10. The Labute approximate surface area is 210 Å². The van der Waals surface area contributed by atoms with E-state index in [2.05, 4.69) is 22.4 Å². The molecule has 0 aliphatic carbocycles. The van der Waals surface area contributed by atoms with Gasteiger partial charge in [-0.15, -0.1) is 0 Å². The van der Waals surface area contributed by atoms with Crippen LogP contribution in [0.25, 0.3) is 0 Å². The number of carboxylic acid groups (broad SMARTS) is 1. The summed E-state index contributed by atoms with van der Waals surface area (Å²) in [6.45, 7) is 2.04. The van der Waals surface area contributed by atoms with Crippen molar-refractivity contribution >= 4 is 17.7 Å². The number of aliphatic carboxylic acids is 1. The molecule has 1 unspecified atom stereocenters. The summed E-state index contributed by atoms with van der Waals surface area (Å²) in [7, 11) is 1.53. The zero-order chi connectivity index (χ0) is 25.1. The molecular weight excluding hydrogens is 458 g/mol. The third-order valence-corrected chi connectivity index (χ3v) is 6.96. The molecule has 0 bridgehead atoms. The van der Waals surface area contributed by atoms with Crippen LogP contribution in [0.4, 0.5) is 5.82 Å². The summed E-state index contributed by atoms with van der Waals surface area (Å²) in [5.74, 6) is 0.346. The molecule has 0 fully saturated rings. The van der Waals surface area contributed by atoms with E-state index in [1.807, 2.05) is 16.8 Å². The number of carbonyl (C=O) groups is 2. The first-order valence-corrected chi connectivity index (χ1v) is 12.5. The molecule has 1 amide bonds. The largest absolute Gasteiger partial charge is 0.481 e. The smallest absolute Gasteiger partial charge is 0.305 e. The maximum atomic E-state index is 13.4. The Morgan fingerprint density at radius 3 is 2.89 bits per heavy atom. The molecule has 9 heteroatoms. The number of hydrogen-bond acceptors (Lipinski definition) is 6. The number of ether oxygens (including phenoxy) is 1. The standard InChI is InChI=1S/C27H31N5O4/c1-36-24-10-8-20(16-29-24)22(15-25(33)34)32-13-12-31-17-18(14-23(31)27(32)35)4-2-6-21-9-7-19-5-3-11-28-26(19)30-21/h7-10,14,16-17,22H,2-6,11-13,15H2,1H3,(H,28,30)(H,33,34). The second-order valence-electron chi connectivity index (χ2n) is 9.37. The van der Waals surface area contributed by atoms with Gasteiger partial charge in [0.05, 0.1) is 19.6 Å². The number of fused-ring (bicyclic) bond motifs is 2. The highest BCUT2D eigenvalue weighted by atomic mass is 16.5. The van der Waals surface area contributed by atoms with Gasteiger partial charge in [0.25, 0.3) is 5.91 Å². The van der Waals surface area contributed by atoms with Gasteiger partial charge in [-0.25, -0.2) is 9.97 Å². The summed E-state index contributed by atoms with van der Waals surface area (Å²) in [5.41, 5.74) is 4.76. The van der Waals surface area contributed by atoms with Crippen LogP contribution >= 0.6 is 0 Å². The number of rotatable bonds is 9. The number of nitrogens with zero attached hydrogens (tertiary/aromatic N) is 4. The molecule has 0 radical (unpaired) electrons. The van der Waals surface area contributed by atoms with Crippen LogP contribution in [0.2, 0.25) is 0 Å². The van der Waals surface area contributed by atoms with E-state index in [4.69, 9.17) is 9.72 Å². The van der Waals surface area contributed by atoms with E-state index in [0.29, 0.717) is 30.2 Å². The molecular formula is C27H31N5O4. The van der Waals surface area contributed by atoms with Crippen molar-refractivity contribution < 1.29 is 19.4 Å². The number of methoxy groups -OCH3 is 1. The van der Waals surface area contributed by atoms with Crippen molar-refractivity contribution in [2.75, 3.05) is 25.5 Å². The molecule has 0 aromatic carbocycles. The van der Waals surface area contributed by atoms with Crippen LogP contribution in [-0.2, 0) is 30.6 Å². The highest BCUT2D eigenvalue weighted by Gasteiger charge is 2.33. The van der Waals surface area contributed by atoms with Crippen LogP contribution in [0.1, 0.15) is 58.2 Å². The Morgan fingerprint density at radius 2 is 2.11 bits per heavy atom. The molecule has 0 saturated heterocycles. The SMILES string of the molecule is COc1ccc(C(CC(=O)O)N2CCn3cc(CCCc4ccc5c(n4)NCCC5)cc3C2=O)cn1. The van der Waals surface area contributed by atoms with E-state index in [9.17, 15) is 14.7 Å². The van der Waals surface area contributed by atoms with Crippen LogP contribution in [0.5, 0.6) is 5.88 Å². The second kappa shape index (κ2) is 10.4. The molecule has 36 heavy (non-hydrogen) atoms. The number of carbonyl (C=O) groups excluding carboxylic acids is 1. The lowest BCUT2D eigenvalue weighted by molar-refractivity contribution is -0.138. The Hall–Kier alpha value is -3.88. The Kier molecular flexibility index (Phi) is 6.88. The first kappa shape index (κ1) is 23.8. The van der Waals surface area contributed by atoms with Crippen LogP contribution in [-0.4, -0.2) is 56.6 Å². The molecule has 5 heterocycles. The molecule has 2 aliphatic heterocycles. The maximum Gasteiger partial charge on any atom is 0.305 e. The third kappa shape index (κ3) is 5.05. The average molecular weight is 490 g/mol. The number of nitrogens with one attached hydrogen (secondary N) is 1. The van der Waals surface area contributed by atoms with Crippen molar-refractivity contribution in [3.63, 3.8) is 0 Å². The second-order valence-corrected chi connectivity index (χ2v) is 9.37. The molecule has 0 saturated carbocycles. The summed E-state index contributed by atoms with van der Waals surface area (Å²) in [6.07, 6.45) is 8.34. The predicted molar refractivity (Wildman–Crippen MR) is 134 cm³/mol. The summed E-state index contributed by atoms with van der Waals surface area (Å²) in [6, 6.07) is 9.11. The minimum Gasteiger partial charge on any atom is -0.481 e. The summed E-state index contributed by atoms with van der Waals surface area (Å²) in [4.78, 5) is 35.7. The highest BCUT2D eigenvalue weighted by molar-refractivity contribution is 5.94. The Balaban J connectivity index is 1.26. The van der Waals surface area contributed by atoms with E-state index in [-0.39, 0.29) is 12.3 Å². The zero-order valence-electron chi connectivity index (χ0n) is 20.4. The van der Waals surface area contributed by atoms with E-state index in [1.54, 1.807) is 23.2 Å².